The van der Waals surface area contributed by atoms with E-state index in [-0.39, 0.29) is 34.6 Å². The molecule has 0 radical (unpaired) electrons. The molecular formula is C15H15Cl3O4. The van der Waals surface area contributed by atoms with Crippen LogP contribution in [0.1, 0.15) is 25.7 Å². The maximum atomic E-state index is 11.7. The summed E-state index contributed by atoms with van der Waals surface area (Å²) in [5.74, 6) is -0.839. The zero-order valence-corrected chi connectivity index (χ0v) is 14.0. The van der Waals surface area contributed by atoms with Gasteiger partial charge in [-0.2, -0.15) is 0 Å². The van der Waals surface area contributed by atoms with Gasteiger partial charge in [0, 0.05) is 17.9 Å². The third-order valence-electron chi connectivity index (χ3n) is 2.53. The fourth-order valence-corrected chi connectivity index (χ4v) is 2.39. The Hall–Kier alpha value is -1.23. The highest BCUT2D eigenvalue weighted by atomic mass is 35.5. The van der Waals surface area contributed by atoms with E-state index in [2.05, 4.69) is 6.58 Å². The van der Waals surface area contributed by atoms with Crippen LogP contribution in [0.25, 0.3) is 0 Å². The Morgan fingerprint density at radius 2 is 1.68 bits per heavy atom. The molecular weight excluding hydrogens is 351 g/mol. The molecule has 0 aliphatic heterocycles. The molecule has 0 bridgehead atoms. The van der Waals surface area contributed by atoms with Gasteiger partial charge in [-0.15, -0.1) is 6.58 Å². The molecule has 0 unspecified atom stereocenters. The summed E-state index contributed by atoms with van der Waals surface area (Å²) in [7, 11) is 0. The van der Waals surface area contributed by atoms with Gasteiger partial charge in [0.2, 0.25) is 0 Å². The molecule has 22 heavy (non-hydrogen) atoms. The first-order chi connectivity index (χ1) is 10.4. The second-order valence-electron chi connectivity index (χ2n) is 4.32. The van der Waals surface area contributed by atoms with Crippen molar-refractivity contribution < 1.29 is 19.1 Å². The van der Waals surface area contributed by atoms with Crippen LogP contribution in [0.5, 0.6) is 5.75 Å². The van der Waals surface area contributed by atoms with Gasteiger partial charge in [0.05, 0.1) is 16.7 Å². The molecule has 0 atom stereocenters. The van der Waals surface area contributed by atoms with Crippen LogP contribution in [0.4, 0.5) is 0 Å². The van der Waals surface area contributed by atoms with Crippen LogP contribution in [-0.2, 0) is 14.3 Å². The van der Waals surface area contributed by atoms with Crippen molar-refractivity contribution in [1.82, 2.24) is 0 Å². The molecule has 0 aliphatic rings. The summed E-state index contributed by atoms with van der Waals surface area (Å²) >= 11 is 17.6. The lowest BCUT2D eigenvalue weighted by Crippen LogP contribution is -2.11. The van der Waals surface area contributed by atoms with Crippen molar-refractivity contribution in [3.63, 3.8) is 0 Å². The summed E-state index contributed by atoms with van der Waals surface area (Å²) in [5.41, 5.74) is 0. The van der Waals surface area contributed by atoms with Gasteiger partial charge >= 0.3 is 11.9 Å². The second-order valence-corrected chi connectivity index (χ2v) is 5.57. The van der Waals surface area contributed by atoms with Gasteiger partial charge in [0.25, 0.3) is 0 Å². The maximum Gasteiger partial charge on any atom is 0.311 e. The molecule has 0 spiro atoms. The van der Waals surface area contributed by atoms with Crippen LogP contribution >= 0.6 is 34.8 Å². The maximum absolute atomic E-state index is 11.7. The average molecular weight is 366 g/mol. The van der Waals surface area contributed by atoms with Crippen molar-refractivity contribution in [3.05, 3.63) is 39.9 Å². The molecule has 1 aromatic carbocycles. The van der Waals surface area contributed by atoms with E-state index in [0.29, 0.717) is 24.5 Å². The number of hydrogen-bond donors (Lipinski definition) is 0. The first-order valence-corrected chi connectivity index (χ1v) is 7.69. The monoisotopic (exact) mass is 364 g/mol. The third kappa shape index (κ3) is 6.69. The quantitative estimate of drug-likeness (QED) is 0.286. The van der Waals surface area contributed by atoms with E-state index in [1.54, 1.807) is 6.08 Å². The van der Waals surface area contributed by atoms with Crippen LogP contribution in [0.15, 0.2) is 24.8 Å². The molecule has 0 amide bonds. The Labute approximate surface area is 143 Å². The molecule has 1 aromatic rings. The number of halogens is 3. The van der Waals surface area contributed by atoms with Crippen molar-refractivity contribution >= 4 is 46.7 Å². The normalized spacial score (nSPS) is 10.1. The smallest absolute Gasteiger partial charge is 0.311 e. The Morgan fingerprint density at radius 3 is 2.27 bits per heavy atom. The fourth-order valence-electron chi connectivity index (χ4n) is 1.50. The molecule has 0 heterocycles. The molecule has 120 valence electrons. The lowest BCUT2D eigenvalue weighted by atomic mass is 10.2. The van der Waals surface area contributed by atoms with Gasteiger partial charge in [-0.1, -0.05) is 40.9 Å². The minimum Gasteiger partial charge on any atom is -0.465 e. The van der Waals surface area contributed by atoms with Crippen LogP contribution in [0.2, 0.25) is 15.1 Å². The lowest BCUT2D eigenvalue weighted by Gasteiger charge is -2.08. The van der Waals surface area contributed by atoms with Crippen molar-refractivity contribution in [3.8, 4) is 5.75 Å². The van der Waals surface area contributed by atoms with Gasteiger partial charge in [-0.05, 0) is 25.0 Å². The second kappa shape index (κ2) is 9.72. The van der Waals surface area contributed by atoms with Crippen LogP contribution < -0.4 is 4.74 Å². The number of hydrogen-bond acceptors (Lipinski definition) is 4. The number of ether oxygens (including phenoxy) is 2. The molecule has 0 saturated heterocycles. The minimum atomic E-state index is -0.537. The zero-order valence-electron chi connectivity index (χ0n) is 11.7. The highest BCUT2D eigenvalue weighted by Gasteiger charge is 2.14. The Kier molecular flexibility index (Phi) is 8.31. The molecule has 0 fully saturated rings. The van der Waals surface area contributed by atoms with E-state index in [0.717, 1.165) is 0 Å². The van der Waals surface area contributed by atoms with E-state index in [4.69, 9.17) is 44.3 Å². The Bertz CT molecular complexity index is 535. The largest absolute Gasteiger partial charge is 0.465 e. The van der Waals surface area contributed by atoms with Gasteiger partial charge in [-0.25, -0.2) is 0 Å². The number of carbonyl (C=O) groups is 2. The highest BCUT2D eigenvalue weighted by molar-refractivity contribution is 6.40. The summed E-state index contributed by atoms with van der Waals surface area (Å²) in [6, 6.07) is 2.85. The summed E-state index contributed by atoms with van der Waals surface area (Å²) in [6.45, 7) is 3.81. The minimum absolute atomic E-state index is 0.0475. The van der Waals surface area contributed by atoms with Crippen molar-refractivity contribution in [1.29, 1.82) is 0 Å². The third-order valence-corrected chi connectivity index (χ3v) is 3.31. The SMILES string of the molecule is C=CCCOC(=O)CCCC(=O)Oc1c(Cl)cc(Cl)cc1Cl. The number of esters is 2. The summed E-state index contributed by atoms with van der Waals surface area (Å²) in [6.07, 6.45) is 2.75. The van der Waals surface area contributed by atoms with E-state index >= 15 is 0 Å². The summed E-state index contributed by atoms with van der Waals surface area (Å²) in [5, 5.41) is 0.640. The summed E-state index contributed by atoms with van der Waals surface area (Å²) in [4.78, 5) is 23.0. The van der Waals surface area contributed by atoms with E-state index < -0.39 is 5.97 Å². The molecule has 0 aromatic heterocycles. The number of benzene rings is 1. The van der Waals surface area contributed by atoms with Crippen LogP contribution in [-0.4, -0.2) is 18.5 Å². The average Bonchev–Trinajstić information content (AvgIpc) is 2.43. The number of carbonyl (C=O) groups excluding carboxylic acids is 2. The van der Waals surface area contributed by atoms with Crippen LogP contribution in [0, 0.1) is 0 Å². The van der Waals surface area contributed by atoms with Crippen molar-refractivity contribution in [2.45, 2.75) is 25.7 Å². The fraction of sp³-hybridized carbons (Fsp3) is 0.333. The molecule has 0 aliphatic carbocycles. The van der Waals surface area contributed by atoms with Gasteiger partial charge < -0.3 is 9.47 Å². The predicted octanol–water partition coefficient (Wildman–Crippen LogP) is 4.84. The molecule has 4 nitrogen and oxygen atoms in total. The number of rotatable bonds is 8. The molecule has 0 N–H and O–H groups in total. The predicted molar refractivity (Wildman–Crippen MR) is 86.7 cm³/mol. The summed E-state index contributed by atoms with van der Waals surface area (Å²) < 4.78 is 10.00. The van der Waals surface area contributed by atoms with Crippen molar-refractivity contribution in [2.75, 3.05) is 6.61 Å². The lowest BCUT2D eigenvalue weighted by molar-refractivity contribution is -0.143. The first kappa shape index (κ1) is 18.8. The highest BCUT2D eigenvalue weighted by Crippen LogP contribution is 2.36. The Balaban J connectivity index is 2.38. The van der Waals surface area contributed by atoms with Crippen molar-refractivity contribution in [2.24, 2.45) is 0 Å². The van der Waals surface area contributed by atoms with Crippen LogP contribution in [0.3, 0.4) is 0 Å². The zero-order chi connectivity index (χ0) is 16.5. The standard InChI is InChI=1S/C15H15Cl3O4/c1-2-3-7-21-13(19)5-4-6-14(20)22-15-11(17)8-10(16)9-12(15)18/h2,8-9H,1,3-7H2. The van der Waals surface area contributed by atoms with E-state index in [9.17, 15) is 9.59 Å². The first-order valence-electron chi connectivity index (χ1n) is 6.55. The molecule has 1 rings (SSSR count). The van der Waals surface area contributed by atoms with E-state index in [1.165, 1.54) is 12.1 Å². The van der Waals surface area contributed by atoms with Gasteiger partial charge in [-0.3, -0.25) is 9.59 Å². The molecule has 0 saturated carbocycles. The van der Waals surface area contributed by atoms with E-state index in [1.807, 2.05) is 0 Å². The van der Waals surface area contributed by atoms with Gasteiger partial charge in [0.1, 0.15) is 0 Å². The topological polar surface area (TPSA) is 52.6 Å². The molecule has 7 heteroatoms. The van der Waals surface area contributed by atoms with Gasteiger partial charge in [0.15, 0.2) is 5.75 Å². The Morgan fingerprint density at radius 1 is 1.09 bits per heavy atom.